The van der Waals surface area contributed by atoms with E-state index >= 15 is 0 Å². The van der Waals surface area contributed by atoms with E-state index in [2.05, 4.69) is 27.2 Å². The van der Waals surface area contributed by atoms with Crippen molar-refractivity contribution in [1.29, 1.82) is 0 Å². The molecular formula is C14H19N5OS. The molecule has 2 amide bonds. The topological polar surface area (TPSA) is 71.0 Å². The number of rotatable bonds is 4. The fraction of sp³-hybridized carbons (Fsp3) is 0.429. The summed E-state index contributed by atoms with van der Waals surface area (Å²) in [6.07, 6.45) is 3.90. The van der Waals surface area contributed by atoms with Crippen LogP contribution in [0.4, 0.5) is 10.6 Å². The van der Waals surface area contributed by atoms with Crippen LogP contribution in [0.3, 0.4) is 0 Å². The van der Waals surface area contributed by atoms with Crippen LogP contribution in [0.2, 0.25) is 0 Å². The third-order valence-corrected chi connectivity index (χ3v) is 4.75. The quantitative estimate of drug-likeness (QED) is 0.942. The Hall–Kier alpha value is -2.02. The van der Waals surface area contributed by atoms with Gasteiger partial charge in [0.1, 0.15) is 12.1 Å². The number of nitrogens with zero attached hydrogens (tertiary/aromatic N) is 4. The van der Waals surface area contributed by atoms with E-state index < -0.39 is 0 Å². The molecule has 1 atom stereocenters. The van der Waals surface area contributed by atoms with Gasteiger partial charge in [0.05, 0.1) is 16.7 Å². The minimum absolute atomic E-state index is 0.0374. The summed E-state index contributed by atoms with van der Waals surface area (Å²) < 4.78 is 0. The lowest BCUT2D eigenvalue weighted by Crippen LogP contribution is -2.33. The summed E-state index contributed by atoms with van der Waals surface area (Å²) in [6, 6.07) is 1.42. The largest absolute Gasteiger partial charge is 0.323 e. The fourth-order valence-electron chi connectivity index (χ4n) is 1.92. The fourth-order valence-corrected chi connectivity index (χ4v) is 3.02. The maximum atomic E-state index is 12.3. The monoisotopic (exact) mass is 305 g/mol. The maximum Gasteiger partial charge on any atom is 0.323 e. The van der Waals surface area contributed by atoms with Gasteiger partial charge < -0.3 is 4.90 Å². The Balaban J connectivity index is 2.09. The van der Waals surface area contributed by atoms with Crippen molar-refractivity contribution in [2.45, 2.75) is 33.2 Å². The van der Waals surface area contributed by atoms with Crippen LogP contribution in [0, 0.1) is 6.92 Å². The zero-order valence-electron chi connectivity index (χ0n) is 12.6. The van der Waals surface area contributed by atoms with Gasteiger partial charge in [-0.2, -0.15) is 0 Å². The number of nitrogens with one attached hydrogen (secondary N) is 1. The lowest BCUT2D eigenvalue weighted by Gasteiger charge is -2.24. The van der Waals surface area contributed by atoms with Crippen molar-refractivity contribution < 1.29 is 4.79 Å². The average Bonchev–Trinajstić information content (AvgIpc) is 2.88. The van der Waals surface area contributed by atoms with Gasteiger partial charge in [0, 0.05) is 18.1 Å². The molecule has 0 aromatic carbocycles. The van der Waals surface area contributed by atoms with Crippen molar-refractivity contribution in [3.05, 3.63) is 34.2 Å². The van der Waals surface area contributed by atoms with E-state index in [1.54, 1.807) is 35.5 Å². The third kappa shape index (κ3) is 3.55. The molecule has 1 unspecified atom stereocenters. The van der Waals surface area contributed by atoms with Crippen molar-refractivity contribution in [2.75, 3.05) is 12.4 Å². The molecule has 0 spiro atoms. The standard InChI is InChI=1S/C14H19N5OS/c1-5-12-17-9(2)13(21-12)10(3)19(4)14(20)18-11-6-7-15-8-16-11/h6-8,10H,5H2,1-4H3,(H,15,16,18,20). The van der Waals surface area contributed by atoms with Crippen LogP contribution in [0.25, 0.3) is 0 Å². The SMILES string of the molecule is CCc1nc(C)c(C(C)N(C)C(=O)Nc2ccncn2)s1. The first-order valence-electron chi connectivity index (χ1n) is 6.79. The molecule has 2 rings (SSSR count). The Morgan fingerprint density at radius 2 is 2.29 bits per heavy atom. The van der Waals surface area contributed by atoms with Crippen molar-refractivity contribution in [3.63, 3.8) is 0 Å². The van der Waals surface area contributed by atoms with Crippen molar-refractivity contribution >= 4 is 23.2 Å². The van der Waals surface area contributed by atoms with Gasteiger partial charge in [0.2, 0.25) is 0 Å². The van der Waals surface area contributed by atoms with Crippen LogP contribution in [0.5, 0.6) is 0 Å². The number of aromatic nitrogens is 3. The molecule has 112 valence electrons. The van der Waals surface area contributed by atoms with Crippen LogP contribution < -0.4 is 5.32 Å². The van der Waals surface area contributed by atoms with E-state index in [1.165, 1.54) is 6.33 Å². The summed E-state index contributed by atoms with van der Waals surface area (Å²) in [6.45, 7) is 6.06. The van der Waals surface area contributed by atoms with Gasteiger partial charge in [0.15, 0.2) is 0 Å². The highest BCUT2D eigenvalue weighted by Gasteiger charge is 2.22. The van der Waals surface area contributed by atoms with Gasteiger partial charge in [-0.15, -0.1) is 11.3 Å². The van der Waals surface area contributed by atoms with Crippen molar-refractivity contribution in [3.8, 4) is 0 Å². The number of carbonyl (C=O) groups excluding carboxylic acids is 1. The Kier molecular flexibility index (Phi) is 4.85. The van der Waals surface area contributed by atoms with E-state index in [0.29, 0.717) is 5.82 Å². The number of urea groups is 1. The minimum Gasteiger partial charge on any atom is -0.320 e. The molecule has 2 aromatic rings. The molecule has 0 bridgehead atoms. The van der Waals surface area contributed by atoms with Crippen LogP contribution in [-0.2, 0) is 6.42 Å². The average molecular weight is 305 g/mol. The van der Waals surface area contributed by atoms with E-state index in [1.807, 2.05) is 13.8 Å². The smallest absolute Gasteiger partial charge is 0.320 e. The van der Waals surface area contributed by atoms with Crippen molar-refractivity contribution in [1.82, 2.24) is 19.9 Å². The van der Waals surface area contributed by atoms with Gasteiger partial charge in [-0.1, -0.05) is 6.92 Å². The number of hydrogen-bond donors (Lipinski definition) is 1. The molecule has 0 aliphatic rings. The lowest BCUT2D eigenvalue weighted by molar-refractivity contribution is 0.209. The van der Waals surface area contributed by atoms with Gasteiger partial charge in [0.25, 0.3) is 0 Å². The highest BCUT2D eigenvalue weighted by molar-refractivity contribution is 7.11. The molecule has 6 nitrogen and oxygen atoms in total. The maximum absolute atomic E-state index is 12.3. The predicted octanol–water partition coefficient (Wildman–Crippen LogP) is 3.03. The van der Waals surface area contributed by atoms with E-state index in [9.17, 15) is 4.79 Å². The minimum atomic E-state index is -0.202. The Morgan fingerprint density at radius 3 is 2.86 bits per heavy atom. The molecule has 0 fully saturated rings. The number of hydrogen-bond acceptors (Lipinski definition) is 5. The first-order chi connectivity index (χ1) is 10.0. The highest BCUT2D eigenvalue weighted by atomic mass is 32.1. The molecule has 7 heteroatoms. The summed E-state index contributed by atoms with van der Waals surface area (Å²) in [5, 5.41) is 3.85. The molecule has 2 heterocycles. The molecule has 0 aliphatic carbocycles. The molecule has 0 saturated carbocycles. The Bertz CT molecular complexity index is 613. The second-order valence-corrected chi connectivity index (χ2v) is 5.84. The number of anilines is 1. The third-order valence-electron chi connectivity index (χ3n) is 3.28. The van der Waals surface area contributed by atoms with Gasteiger partial charge in [-0.3, -0.25) is 5.32 Å². The zero-order valence-corrected chi connectivity index (χ0v) is 13.4. The second-order valence-electron chi connectivity index (χ2n) is 4.72. The molecule has 21 heavy (non-hydrogen) atoms. The molecule has 0 saturated heterocycles. The summed E-state index contributed by atoms with van der Waals surface area (Å²) in [7, 11) is 1.77. The molecule has 0 aliphatic heterocycles. The molecule has 0 radical (unpaired) electrons. The highest BCUT2D eigenvalue weighted by Crippen LogP contribution is 2.29. The number of aryl methyl sites for hydroxylation is 2. The summed E-state index contributed by atoms with van der Waals surface area (Å²) >= 11 is 1.66. The van der Waals surface area contributed by atoms with E-state index in [4.69, 9.17) is 0 Å². The van der Waals surface area contributed by atoms with Crippen LogP contribution in [0.15, 0.2) is 18.6 Å². The molecule has 2 aromatic heterocycles. The van der Waals surface area contributed by atoms with Crippen molar-refractivity contribution in [2.24, 2.45) is 0 Å². The second kappa shape index (κ2) is 6.62. The molecule has 1 N–H and O–H groups in total. The first-order valence-corrected chi connectivity index (χ1v) is 7.60. The predicted molar refractivity (Wildman–Crippen MR) is 83.5 cm³/mol. The Morgan fingerprint density at radius 1 is 1.52 bits per heavy atom. The number of thiazole rings is 1. The zero-order chi connectivity index (χ0) is 15.4. The molecular weight excluding hydrogens is 286 g/mol. The van der Waals surface area contributed by atoms with E-state index in [0.717, 1.165) is 22.0 Å². The summed E-state index contributed by atoms with van der Waals surface area (Å²) in [4.78, 5) is 27.4. The normalized spacial score (nSPS) is 12.0. The number of amides is 2. The van der Waals surface area contributed by atoms with E-state index in [-0.39, 0.29) is 12.1 Å². The van der Waals surface area contributed by atoms with Gasteiger partial charge >= 0.3 is 6.03 Å². The first kappa shape index (κ1) is 15.4. The number of carbonyl (C=O) groups is 1. The summed E-state index contributed by atoms with van der Waals surface area (Å²) in [5.74, 6) is 0.490. The van der Waals surface area contributed by atoms with Crippen LogP contribution in [0.1, 0.15) is 35.5 Å². The van der Waals surface area contributed by atoms with Crippen LogP contribution >= 0.6 is 11.3 Å². The van der Waals surface area contributed by atoms with Gasteiger partial charge in [-0.05, 0) is 26.3 Å². The Labute approximate surface area is 128 Å². The summed E-state index contributed by atoms with van der Waals surface area (Å²) in [5.41, 5.74) is 0.992. The van der Waals surface area contributed by atoms with Gasteiger partial charge in [-0.25, -0.2) is 19.7 Å². The van der Waals surface area contributed by atoms with Crippen LogP contribution in [-0.4, -0.2) is 32.9 Å². The lowest BCUT2D eigenvalue weighted by atomic mass is 10.2.